The highest BCUT2D eigenvalue weighted by Crippen LogP contribution is 2.36. The van der Waals surface area contributed by atoms with Crippen LogP contribution in [-0.2, 0) is 6.42 Å². The summed E-state index contributed by atoms with van der Waals surface area (Å²) >= 11 is 0. The molecule has 0 aliphatic heterocycles. The molecule has 0 radical (unpaired) electrons. The molecule has 3 rings (SSSR count). The highest BCUT2D eigenvalue weighted by molar-refractivity contribution is 5.58. The van der Waals surface area contributed by atoms with E-state index in [0.717, 1.165) is 12.8 Å². The van der Waals surface area contributed by atoms with Crippen LogP contribution in [0.15, 0.2) is 48.5 Å². The van der Waals surface area contributed by atoms with E-state index in [1.807, 2.05) is 18.2 Å². The van der Waals surface area contributed by atoms with Crippen molar-refractivity contribution in [3.05, 3.63) is 59.7 Å². The third-order valence-corrected chi connectivity index (χ3v) is 3.57. The zero-order valence-corrected chi connectivity index (χ0v) is 10.9. The van der Waals surface area contributed by atoms with Gasteiger partial charge in [-0.05, 0) is 36.1 Å². The standard InChI is InChI=1S/C16H15F2NO/c17-16(18)20-15-8-4-3-7-14(15)19-13-10-9-11-5-1-2-6-12(11)13/h1-8,13,16,19H,9-10H2. The average Bonchev–Trinajstić information content (AvgIpc) is 2.84. The first-order chi connectivity index (χ1) is 9.74. The van der Waals surface area contributed by atoms with Crippen LogP contribution in [-0.4, -0.2) is 6.61 Å². The van der Waals surface area contributed by atoms with Gasteiger partial charge in [-0.1, -0.05) is 36.4 Å². The molecule has 0 aromatic heterocycles. The van der Waals surface area contributed by atoms with Gasteiger partial charge in [-0.2, -0.15) is 8.78 Å². The largest absolute Gasteiger partial charge is 0.433 e. The molecule has 2 nitrogen and oxygen atoms in total. The molecule has 0 bridgehead atoms. The van der Waals surface area contributed by atoms with Gasteiger partial charge in [0.15, 0.2) is 0 Å². The topological polar surface area (TPSA) is 21.3 Å². The molecule has 2 aromatic rings. The van der Waals surface area contributed by atoms with Crippen molar-refractivity contribution in [2.24, 2.45) is 0 Å². The number of alkyl halides is 2. The van der Waals surface area contributed by atoms with Gasteiger partial charge in [-0.3, -0.25) is 0 Å². The van der Waals surface area contributed by atoms with Crippen molar-refractivity contribution in [3.63, 3.8) is 0 Å². The van der Waals surface area contributed by atoms with Crippen molar-refractivity contribution in [1.29, 1.82) is 0 Å². The summed E-state index contributed by atoms with van der Waals surface area (Å²) in [5, 5.41) is 3.31. The van der Waals surface area contributed by atoms with Crippen LogP contribution in [0.3, 0.4) is 0 Å². The number of anilines is 1. The van der Waals surface area contributed by atoms with Crippen molar-refractivity contribution in [1.82, 2.24) is 0 Å². The lowest BCUT2D eigenvalue weighted by Crippen LogP contribution is -2.10. The Bertz CT molecular complexity index is 601. The lowest BCUT2D eigenvalue weighted by atomic mass is 10.1. The third-order valence-electron chi connectivity index (χ3n) is 3.57. The number of nitrogens with one attached hydrogen (secondary N) is 1. The minimum atomic E-state index is -2.81. The van der Waals surface area contributed by atoms with Crippen LogP contribution in [0.5, 0.6) is 5.75 Å². The van der Waals surface area contributed by atoms with Gasteiger partial charge in [-0.15, -0.1) is 0 Å². The quantitative estimate of drug-likeness (QED) is 0.893. The van der Waals surface area contributed by atoms with Gasteiger partial charge in [0, 0.05) is 0 Å². The van der Waals surface area contributed by atoms with E-state index in [1.54, 1.807) is 18.2 Å². The van der Waals surface area contributed by atoms with E-state index in [0.29, 0.717) is 5.69 Å². The first-order valence-corrected chi connectivity index (χ1v) is 6.62. The van der Waals surface area contributed by atoms with Crippen molar-refractivity contribution in [3.8, 4) is 5.75 Å². The Morgan fingerprint density at radius 3 is 2.65 bits per heavy atom. The fourth-order valence-corrected chi connectivity index (χ4v) is 2.68. The van der Waals surface area contributed by atoms with Crippen molar-refractivity contribution < 1.29 is 13.5 Å². The Morgan fingerprint density at radius 1 is 1.05 bits per heavy atom. The smallest absolute Gasteiger partial charge is 0.387 e. The maximum atomic E-state index is 12.4. The average molecular weight is 275 g/mol. The molecule has 4 heteroatoms. The van der Waals surface area contributed by atoms with Gasteiger partial charge in [0.1, 0.15) is 5.75 Å². The van der Waals surface area contributed by atoms with E-state index in [4.69, 9.17) is 0 Å². The van der Waals surface area contributed by atoms with Gasteiger partial charge in [-0.25, -0.2) is 0 Å². The van der Waals surface area contributed by atoms with Crippen LogP contribution >= 0.6 is 0 Å². The summed E-state index contributed by atoms with van der Waals surface area (Å²) in [6, 6.07) is 15.2. The zero-order chi connectivity index (χ0) is 13.9. The lowest BCUT2D eigenvalue weighted by molar-refractivity contribution is -0.0493. The molecule has 0 saturated carbocycles. The van der Waals surface area contributed by atoms with Crippen LogP contribution < -0.4 is 10.1 Å². The van der Waals surface area contributed by atoms with Gasteiger partial charge >= 0.3 is 6.61 Å². The lowest BCUT2D eigenvalue weighted by Gasteiger charge is -2.18. The Hall–Kier alpha value is -2.10. The molecule has 1 N–H and O–H groups in total. The van der Waals surface area contributed by atoms with Crippen LogP contribution in [0, 0.1) is 0 Å². The molecule has 0 spiro atoms. The molecule has 104 valence electrons. The molecule has 2 aromatic carbocycles. The number of aryl methyl sites for hydroxylation is 1. The van der Waals surface area contributed by atoms with Gasteiger partial charge in [0.2, 0.25) is 0 Å². The maximum absolute atomic E-state index is 12.4. The summed E-state index contributed by atoms with van der Waals surface area (Å²) in [4.78, 5) is 0. The summed E-state index contributed by atoms with van der Waals surface area (Å²) in [6.45, 7) is -2.81. The highest BCUT2D eigenvalue weighted by Gasteiger charge is 2.22. The molecule has 0 saturated heterocycles. The normalized spacial score (nSPS) is 17.1. The number of benzene rings is 2. The van der Waals surface area contributed by atoms with Crippen molar-refractivity contribution >= 4 is 5.69 Å². The predicted molar refractivity (Wildman–Crippen MR) is 74.2 cm³/mol. The van der Waals surface area contributed by atoms with E-state index < -0.39 is 6.61 Å². The van der Waals surface area contributed by atoms with E-state index in [1.165, 1.54) is 11.1 Å². The number of hydrogen-bond acceptors (Lipinski definition) is 2. The van der Waals surface area contributed by atoms with Gasteiger partial charge < -0.3 is 10.1 Å². The zero-order valence-electron chi connectivity index (χ0n) is 10.9. The van der Waals surface area contributed by atoms with Crippen LogP contribution in [0.25, 0.3) is 0 Å². The summed E-state index contributed by atoms with van der Waals surface area (Å²) in [5.41, 5.74) is 3.16. The van der Waals surface area contributed by atoms with E-state index in [-0.39, 0.29) is 11.8 Å². The number of halogens is 2. The Morgan fingerprint density at radius 2 is 1.80 bits per heavy atom. The minimum absolute atomic E-state index is 0.147. The molecule has 20 heavy (non-hydrogen) atoms. The molecular weight excluding hydrogens is 260 g/mol. The number of para-hydroxylation sites is 2. The first-order valence-electron chi connectivity index (χ1n) is 6.62. The summed E-state index contributed by atoms with van der Waals surface area (Å²) in [5.74, 6) is 0.187. The molecule has 1 unspecified atom stereocenters. The van der Waals surface area contributed by atoms with Gasteiger partial charge in [0.25, 0.3) is 0 Å². The number of hydrogen-bond donors (Lipinski definition) is 1. The van der Waals surface area contributed by atoms with E-state index >= 15 is 0 Å². The summed E-state index contributed by atoms with van der Waals surface area (Å²) in [7, 11) is 0. The monoisotopic (exact) mass is 275 g/mol. The maximum Gasteiger partial charge on any atom is 0.387 e. The summed E-state index contributed by atoms with van der Waals surface area (Å²) < 4.78 is 29.4. The first kappa shape index (κ1) is 12.9. The number of rotatable bonds is 4. The second-order valence-corrected chi connectivity index (χ2v) is 4.81. The molecule has 0 heterocycles. The van der Waals surface area contributed by atoms with Crippen LogP contribution in [0.2, 0.25) is 0 Å². The summed E-state index contributed by atoms with van der Waals surface area (Å²) in [6.07, 6.45) is 1.97. The molecule has 0 fully saturated rings. The van der Waals surface area contributed by atoms with Crippen molar-refractivity contribution in [2.45, 2.75) is 25.5 Å². The molecular formula is C16H15F2NO. The third kappa shape index (κ3) is 2.59. The predicted octanol–water partition coefficient (Wildman–Crippen LogP) is 4.39. The number of fused-ring (bicyclic) bond motifs is 1. The SMILES string of the molecule is FC(F)Oc1ccccc1NC1CCc2ccccc21. The minimum Gasteiger partial charge on any atom is -0.433 e. The highest BCUT2D eigenvalue weighted by atomic mass is 19.3. The molecule has 1 aliphatic carbocycles. The van der Waals surface area contributed by atoms with Crippen LogP contribution in [0.1, 0.15) is 23.6 Å². The van der Waals surface area contributed by atoms with E-state index in [9.17, 15) is 8.78 Å². The molecule has 0 amide bonds. The molecule has 1 aliphatic rings. The van der Waals surface area contributed by atoms with Crippen LogP contribution in [0.4, 0.5) is 14.5 Å². The van der Waals surface area contributed by atoms with Crippen molar-refractivity contribution in [2.75, 3.05) is 5.32 Å². The van der Waals surface area contributed by atoms with E-state index in [2.05, 4.69) is 22.2 Å². The van der Waals surface area contributed by atoms with Gasteiger partial charge in [0.05, 0.1) is 11.7 Å². The molecule has 1 atom stereocenters. The second-order valence-electron chi connectivity index (χ2n) is 4.81. The second kappa shape index (κ2) is 5.49. The number of ether oxygens (including phenoxy) is 1. The Balaban J connectivity index is 1.82. The fraction of sp³-hybridized carbons (Fsp3) is 0.250. The Kier molecular flexibility index (Phi) is 3.54. The Labute approximate surface area is 116 Å². The fourth-order valence-electron chi connectivity index (χ4n) is 2.68.